The Hall–Kier alpha value is -4.05. The highest BCUT2D eigenvalue weighted by Crippen LogP contribution is 2.33. The molecular weight excluding hydrogens is 493 g/mol. The molecule has 2 aliphatic rings. The van der Waals surface area contributed by atoms with Gasteiger partial charge in [-0.2, -0.15) is 0 Å². The van der Waals surface area contributed by atoms with E-state index in [1.165, 1.54) is 17.0 Å². The number of benzene rings is 2. The summed E-state index contributed by atoms with van der Waals surface area (Å²) in [4.78, 5) is 29.9. The molecule has 0 saturated carbocycles. The average Bonchev–Trinajstić information content (AvgIpc) is 3.67. The second kappa shape index (κ2) is 11.6. The number of aryl methyl sites for hydroxylation is 1. The normalized spacial score (nSPS) is 15.9. The van der Waals surface area contributed by atoms with E-state index in [-0.39, 0.29) is 50.7 Å². The first-order valence-corrected chi connectivity index (χ1v) is 12.6. The molecule has 1 N–H and O–H groups in total. The van der Waals surface area contributed by atoms with Crippen LogP contribution in [-0.2, 0) is 22.6 Å². The Morgan fingerprint density at radius 3 is 2.63 bits per heavy atom. The van der Waals surface area contributed by atoms with Gasteiger partial charge in [0.05, 0.1) is 18.3 Å². The number of carbonyl (C=O) groups excluding carboxylic acids is 2. The summed E-state index contributed by atoms with van der Waals surface area (Å²) in [6, 6.07) is 14.5. The topological polar surface area (TPSA) is 93.5 Å². The van der Waals surface area contributed by atoms with Crippen LogP contribution in [0.5, 0.6) is 11.5 Å². The lowest BCUT2D eigenvalue weighted by Crippen LogP contribution is -2.47. The minimum absolute atomic E-state index is 0.0468. The quantitative estimate of drug-likeness (QED) is 0.437. The van der Waals surface area contributed by atoms with Gasteiger partial charge in [-0.05, 0) is 61.7 Å². The predicted molar refractivity (Wildman–Crippen MR) is 136 cm³/mol. The van der Waals surface area contributed by atoms with Gasteiger partial charge in [0.1, 0.15) is 23.9 Å². The van der Waals surface area contributed by atoms with Crippen LogP contribution in [0.2, 0.25) is 0 Å². The van der Waals surface area contributed by atoms with Gasteiger partial charge in [0.15, 0.2) is 11.5 Å². The maximum atomic E-state index is 14.2. The van der Waals surface area contributed by atoms with Crippen molar-refractivity contribution in [3.63, 3.8) is 0 Å². The number of urea groups is 1. The third kappa shape index (κ3) is 6.25. The summed E-state index contributed by atoms with van der Waals surface area (Å²) in [6.07, 6.45) is 1.48. The number of anilines is 1. The van der Waals surface area contributed by atoms with Gasteiger partial charge in [-0.25, -0.2) is 9.18 Å². The Bertz CT molecular complexity index is 1290. The van der Waals surface area contributed by atoms with Gasteiger partial charge in [0, 0.05) is 19.7 Å². The second-order valence-electron chi connectivity index (χ2n) is 9.38. The van der Waals surface area contributed by atoms with Crippen LogP contribution in [0.1, 0.15) is 29.9 Å². The molecule has 0 bridgehead atoms. The Kier molecular flexibility index (Phi) is 7.78. The monoisotopic (exact) mass is 523 g/mol. The van der Waals surface area contributed by atoms with Crippen molar-refractivity contribution in [3.05, 3.63) is 77.5 Å². The summed E-state index contributed by atoms with van der Waals surface area (Å²) in [5.74, 6) is 1.78. The summed E-state index contributed by atoms with van der Waals surface area (Å²) in [7, 11) is 0. The highest BCUT2D eigenvalue weighted by atomic mass is 19.1. The molecule has 3 amide bonds. The molecule has 1 aromatic heterocycles. The maximum Gasteiger partial charge on any atom is 0.322 e. The zero-order chi connectivity index (χ0) is 26.5. The number of ether oxygens (including phenoxy) is 3. The Labute approximate surface area is 220 Å². The fourth-order valence-corrected chi connectivity index (χ4v) is 4.52. The Morgan fingerprint density at radius 1 is 1.03 bits per heavy atom. The van der Waals surface area contributed by atoms with Crippen molar-refractivity contribution in [1.82, 2.24) is 9.80 Å². The van der Waals surface area contributed by atoms with Crippen molar-refractivity contribution >= 4 is 17.6 Å². The van der Waals surface area contributed by atoms with Crippen LogP contribution >= 0.6 is 0 Å². The van der Waals surface area contributed by atoms with Crippen molar-refractivity contribution in [2.75, 3.05) is 31.8 Å². The number of halogens is 1. The first kappa shape index (κ1) is 25.6. The molecule has 9 nitrogen and oxygen atoms in total. The van der Waals surface area contributed by atoms with E-state index >= 15 is 0 Å². The van der Waals surface area contributed by atoms with Crippen molar-refractivity contribution in [2.45, 2.75) is 39.0 Å². The van der Waals surface area contributed by atoms with Gasteiger partial charge in [0.2, 0.25) is 12.7 Å². The SMILES string of the molecule is Cc1ccc(CN(Cc2ccc3c(c2)OCO3)C(=O)CN(CC2CCCO2)C(=O)Nc2ccccc2F)o1. The number of fused-ring (bicyclic) bond motifs is 1. The molecule has 10 heteroatoms. The third-order valence-electron chi connectivity index (χ3n) is 6.48. The Balaban J connectivity index is 1.35. The molecule has 0 radical (unpaired) electrons. The number of hydrogen-bond acceptors (Lipinski definition) is 6. The summed E-state index contributed by atoms with van der Waals surface area (Å²) < 4.78 is 36.6. The molecule has 2 aromatic carbocycles. The highest BCUT2D eigenvalue weighted by molar-refractivity contribution is 5.92. The lowest BCUT2D eigenvalue weighted by Gasteiger charge is -2.29. The van der Waals surface area contributed by atoms with Crippen molar-refractivity contribution in [3.8, 4) is 11.5 Å². The van der Waals surface area contributed by atoms with E-state index in [0.29, 0.717) is 23.9 Å². The minimum atomic E-state index is -0.573. The standard InChI is InChI=1S/C28H30FN3O6/c1-19-8-10-22(38-19)16-31(14-20-9-11-25-26(13-20)37-18-36-25)27(33)17-32(15-21-5-4-12-35-21)28(34)30-24-7-3-2-6-23(24)29/h2-3,6-11,13,21H,4-5,12,14-18H2,1H3,(H,30,34). The minimum Gasteiger partial charge on any atom is -0.464 e. The average molecular weight is 524 g/mol. The molecule has 5 rings (SSSR count). The van der Waals surface area contributed by atoms with Crippen LogP contribution in [0.15, 0.2) is 59.0 Å². The number of rotatable bonds is 9. The number of nitrogens with one attached hydrogen (secondary N) is 1. The first-order chi connectivity index (χ1) is 18.4. The predicted octanol–water partition coefficient (Wildman–Crippen LogP) is 4.70. The maximum absolute atomic E-state index is 14.2. The van der Waals surface area contributed by atoms with Crippen LogP contribution in [0.4, 0.5) is 14.9 Å². The lowest BCUT2D eigenvalue weighted by atomic mass is 10.1. The van der Waals surface area contributed by atoms with Gasteiger partial charge in [-0.3, -0.25) is 4.79 Å². The molecule has 0 spiro atoms. The van der Waals surface area contributed by atoms with E-state index in [2.05, 4.69) is 5.32 Å². The molecule has 38 heavy (non-hydrogen) atoms. The molecule has 3 aromatic rings. The summed E-state index contributed by atoms with van der Waals surface area (Å²) in [5.41, 5.74) is 0.887. The van der Waals surface area contributed by atoms with Gasteiger partial charge >= 0.3 is 6.03 Å². The highest BCUT2D eigenvalue weighted by Gasteiger charge is 2.28. The van der Waals surface area contributed by atoms with Gasteiger partial charge in [0.25, 0.3) is 0 Å². The summed E-state index contributed by atoms with van der Waals surface area (Å²) in [6.45, 7) is 3.07. The van der Waals surface area contributed by atoms with E-state index in [4.69, 9.17) is 18.6 Å². The van der Waals surface area contributed by atoms with Crippen LogP contribution < -0.4 is 14.8 Å². The van der Waals surface area contributed by atoms with E-state index in [1.807, 2.05) is 37.3 Å². The molecule has 1 atom stereocenters. The van der Waals surface area contributed by atoms with E-state index < -0.39 is 11.8 Å². The van der Waals surface area contributed by atoms with E-state index in [1.54, 1.807) is 17.0 Å². The zero-order valence-corrected chi connectivity index (χ0v) is 21.2. The van der Waals surface area contributed by atoms with Crippen LogP contribution in [0.3, 0.4) is 0 Å². The number of furan rings is 1. The van der Waals surface area contributed by atoms with Gasteiger partial charge in [-0.15, -0.1) is 0 Å². The van der Waals surface area contributed by atoms with Gasteiger partial charge in [-0.1, -0.05) is 18.2 Å². The number of amides is 3. The molecular formula is C28H30FN3O6. The molecule has 2 aliphatic heterocycles. The van der Waals surface area contributed by atoms with Gasteiger partial charge < -0.3 is 33.7 Å². The lowest BCUT2D eigenvalue weighted by molar-refractivity contribution is -0.133. The number of para-hydroxylation sites is 1. The molecule has 200 valence electrons. The number of nitrogens with zero attached hydrogens (tertiary/aromatic N) is 2. The van der Waals surface area contributed by atoms with Crippen molar-refractivity contribution in [2.24, 2.45) is 0 Å². The van der Waals surface area contributed by atoms with E-state index in [9.17, 15) is 14.0 Å². The van der Waals surface area contributed by atoms with Crippen molar-refractivity contribution in [1.29, 1.82) is 0 Å². The molecule has 1 unspecified atom stereocenters. The number of hydrogen-bond donors (Lipinski definition) is 1. The molecule has 0 aliphatic carbocycles. The molecule has 1 fully saturated rings. The molecule has 3 heterocycles. The first-order valence-electron chi connectivity index (χ1n) is 12.6. The van der Waals surface area contributed by atoms with Crippen molar-refractivity contribution < 1.29 is 32.6 Å². The smallest absolute Gasteiger partial charge is 0.322 e. The summed E-state index contributed by atoms with van der Waals surface area (Å²) in [5, 5.41) is 2.60. The second-order valence-corrected chi connectivity index (χ2v) is 9.38. The molecule has 1 saturated heterocycles. The summed E-state index contributed by atoms with van der Waals surface area (Å²) >= 11 is 0. The Morgan fingerprint density at radius 2 is 1.87 bits per heavy atom. The van der Waals surface area contributed by atoms with Crippen LogP contribution in [-0.4, -0.2) is 54.3 Å². The third-order valence-corrected chi connectivity index (χ3v) is 6.48. The fourth-order valence-electron chi connectivity index (χ4n) is 4.52. The largest absolute Gasteiger partial charge is 0.464 e. The van der Waals surface area contributed by atoms with E-state index in [0.717, 1.165) is 24.2 Å². The van der Waals surface area contributed by atoms with Crippen LogP contribution in [0, 0.1) is 12.7 Å². The fraction of sp³-hybridized carbons (Fsp3) is 0.357. The number of carbonyl (C=O) groups is 2. The zero-order valence-electron chi connectivity index (χ0n) is 21.2. The van der Waals surface area contributed by atoms with Crippen LogP contribution in [0.25, 0.3) is 0 Å².